The quantitative estimate of drug-likeness (QED) is 0.619. The van der Waals surface area contributed by atoms with Crippen LogP contribution in [0.2, 0.25) is 0 Å². The summed E-state index contributed by atoms with van der Waals surface area (Å²) in [5.41, 5.74) is 0.348. The minimum Gasteiger partial charge on any atom is -0.305 e. The van der Waals surface area contributed by atoms with Crippen LogP contribution in [0.4, 0.5) is 0 Å². The van der Waals surface area contributed by atoms with Gasteiger partial charge in [0.2, 0.25) is 0 Å². The first-order valence-electron chi connectivity index (χ1n) is 3.43. The number of benzene rings is 1. The summed E-state index contributed by atoms with van der Waals surface area (Å²) in [6.45, 7) is 0. The Bertz CT molecular complexity index is 478. The third-order valence-corrected chi connectivity index (χ3v) is 1.91. The summed E-state index contributed by atoms with van der Waals surface area (Å²) < 4.78 is 0. The Morgan fingerprint density at radius 2 is 2.08 bits per heavy atom. The highest BCUT2D eigenvalue weighted by atomic mass is 32.1. The standard InChI is InChI=1S/C8H5N2OS/c11-8-9-6-4-2-1-3-5(6)7(12)10-8/h1-4H,(H,9,10,11). The highest BCUT2D eigenvalue weighted by Crippen LogP contribution is 2.14. The molecule has 0 aliphatic heterocycles. The van der Waals surface area contributed by atoms with Crippen LogP contribution in [0.5, 0.6) is 0 Å². The largest absolute Gasteiger partial charge is 0.346 e. The minimum absolute atomic E-state index is 0.356. The summed E-state index contributed by atoms with van der Waals surface area (Å²) >= 11 is 4.91. The van der Waals surface area contributed by atoms with E-state index in [0.717, 1.165) is 10.9 Å². The van der Waals surface area contributed by atoms with Crippen LogP contribution in [0.3, 0.4) is 0 Å². The molecule has 0 fully saturated rings. The summed E-state index contributed by atoms with van der Waals surface area (Å²) in [4.78, 5) is 17.1. The average molecular weight is 177 g/mol. The van der Waals surface area contributed by atoms with Crippen LogP contribution in [0.15, 0.2) is 34.1 Å². The topological polar surface area (TPSA) is 45.8 Å². The zero-order valence-electron chi connectivity index (χ0n) is 6.07. The lowest BCUT2D eigenvalue weighted by Gasteiger charge is -1.96. The summed E-state index contributed by atoms with van der Waals surface area (Å²) in [5, 5.41) is 1.17. The molecule has 1 N–H and O–H groups in total. The van der Waals surface area contributed by atoms with Gasteiger partial charge in [0, 0.05) is 5.39 Å². The number of para-hydroxylation sites is 1. The number of nitrogens with one attached hydrogen (secondary N) is 1. The number of nitrogens with zero attached hydrogens (tertiary/aromatic N) is 1. The zero-order valence-corrected chi connectivity index (χ0v) is 6.89. The minimum atomic E-state index is -0.390. The van der Waals surface area contributed by atoms with Crippen molar-refractivity contribution < 1.29 is 0 Å². The highest BCUT2D eigenvalue weighted by Gasteiger charge is 1.99. The van der Waals surface area contributed by atoms with E-state index >= 15 is 0 Å². The van der Waals surface area contributed by atoms with E-state index in [1.165, 1.54) is 0 Å². The van der Waals surface area contributed by atoms with Crippen LogP contribution >= 0.6 is 12.6 Å². The first kappa shape index (κ1) is 7.24. The average Bonchev–Trinajstić information content (AvgIpc) is 2.04. The number of aromatic nitrogens is 2. The molecule has 0 bridgehead atoms. The predicted octanol–water partition coefficient (Wildman–Crippen LogP) is 1.48. The first-order chi connectivity index (χ1) is 5.77. The lowest BCUT2D eigenvalue weighted by atomic mass is 10.2. The molecule has 1 radical (unpaired) electrons. The van der Waals surface area contributed by atoms with E-state index in [4.69, 9.17) is 12.6 Å². The Labute approximate surface area is 73.9 Å². The summed E-state index contributed by atoms with van der Waals surface area (Å²) in [6.07, 6.45) is 0. The van der Waals surface area contributed by atoms with Crippen molar-refractivity contribution in [3.05, 3.63) is 34.7 Å². The molecular formula is C8H5N2OS. The summed E-state index contributed by atoms with van der Waals surface area (Å²) in [7, 11) is 0. The van der Waals surface area contributed by atoms with Gasteiger partial charge < -0.3 is 4.98 Å². The van der Waals surface area contributed by atoms with Crippen LogP contribution in [0.1, 0.15) is 0 Å². The molecule has 0 unspecified atom stereocenters. The third kappa shape index (κ3) is 1.06. The van der Waals surface area contributed by atoms with Gasteiger partial charge >= 0.3 is 5.69 Å². The van der Waals surface area contributed by atoms with Gasteiger partial charge in [-0.05, 0) is 12.1 Å². The molecular weight excluding hydrogens is 172 g/mol. The Morgan fingerprint density at radius 3 is 2.92 bits per heavy atom. The maximum Gasteiger partial charge on any atom is 0.346 e. The molecule has 4 heteroatoms. The third-order valence-electron chi connectivity index (χ3n) is 1.60. The van der Waals surface area contributed by atoms with Crippen molar-refractivity contribution in [1.29, 1.82) is 0 Å². The van der Waals surface area contributed by atoms with Gasteiger partial charge in [0.1, 0.15) is 5.03 Å². The van der Waals surface area contributed by atoms with Gasteiger partial charge in [0.15, 0.2) is 0 Å². The number of hydrogen-bond donors (Lipinski definition) is 1. The molecule has 0 spiro atoms. The van der Waals surface area contributed by atoms with E-state index in [1.54, 1.807) is 6.07 Å². The maximum atomic E-state index is 10.9. The number of hydrogen-bond acceptors (Lipinski definition) is 2. The van der Waals surface area contributed by atoms with Crippen LogP contribution < -0.4 is 5.69 Å². The molecule has 2 aromatic rings. The Kier molecular flexibility index (Phi) is 1.55. The smallest absolute Gasteiger partial charge is 0.305 e. The molecule has 1 aromatic heterocycles. The molecule has 59 valence electrons. The van der Waals surface area contributed by atoms with Gasteiger partial charge in [-0.2, -0.15) is 4.98 Å². The molecule has 1 aromatic carbocycles. The number of H-pyrrole nitrogens is 1. The SMILES string of the molecule is O=c1nc([S])c2ccccc2[nH]1. The van der Waals surface area contributed by atoms with Crippen LogP contribution in [0, 0.1) is 0 Å². The predicted molar refractivity (Wildman–Crippen MR) is 48.2 cm³/mol. The van der Waals surface area contributed by atoms with Crippen molar-refractivity contribution in [2.45, 2.75) is 5.03 Å². The van der Waals surface area contributed by atoms with E-state index in [-0.39, 0.29) is 0 Å². The van der Waals surface area contributed by atoms with Crippen LogP contribution in [-0.4, -0.2) is 9.97 Å². The Hall–Kier alpha value is -1.42. The fourth-order valence-corrected chi connectivity index (χ4v) is 1.34. The second-order valence-electron chi connectivity index (χ2n) is 2.39. The molecule has 0 saturated heterocycles. The molecule has 1 heterocycles. The second-order valence-corrected chi connectivity index (χ2v) is 2.78. The van der Waals surface area contributed by atoms with E-state index in [1.807, 2.05) is 18.2 Å². The molecule has 0 aliphatic rings. The van der Waals surface area contributed by atoms with Gasteiger partial charge in [0.25, 0.3) is 0 Å². The Morgan fingerprint density at radius 1 is 1.33 bits per heavy atom. The van der Waals surface area contributed by atoms with Crippen molar-refractivity contribution in [1.82, 2.24) is 9.97 Å². The summed E-state index contributed by atoms with van der Waals surface area (Å²) in [5.74, 6) is 0. The number of aromatic amines is 1. The van der Waals surface area contributed by atoms with Crippen molar-refractivity contribution >= 4 is 23.5 Å². The molecule has 0 aliphatic carbocycles. The molecule has 12 heavy (non-hydrogen) atoms. The first-order valence-corrected chi connectivity index (χ1v) is 3.84. The highest BCUT2D eigenvalue weighted by molar-refractivity contribution is 7.80. The fourth-order valence-electron chi connectivity index (χ4n) is 1.07. The van der Waals surface area contributed by atoms with Crippen molar-refractivity contribution in [3.8, 4) is 0 Å². The number of fused-ring (bicyclic) bond motifs is 1. The number of rotatable bonds is 0. The second kappa shape index (κ2) is 2.57. The monoisotopic (exact) mass is 177 g/mol. The maximum absolute atomic E-state index is 10.9. The molecule has 0 atom stereocenters. The molecule has 0 saturated carbocycles. The fraction of sp³-hybridized carbons (Fsp3) is 0. The van der Waals surface area contributed by atoms with Gasteiger partial charge in [-0.3, -0.25) is 0 Å². The zero-order chi connectivity index (χ0) is 8.55. The van der Waals surface area contributed by atoms with Gasteiger partial charge in [0.05, 0.1) is 5.52 Å². The van der Waals surface area contributed by atoms with Crippen molar-refractivity contribution in [2.75, 3.05) is 0 Å². The van der Waals surface area contributed by atoms with E-state index in [9.17, 15) is 4.79 Å². The van der Waals surface area contributed by atoms with E-state index in [0.29, 0.717) is 5.03 Å². The lowest BCUT2D eigenvalue weighted by molar-refractivity contribution is 1.03. The van der Waals surface area contributed by atoms with Gasteiger partial charge in [-0.1, -0.05) is 24.8 Å². The normalized spacial score (nSPS) is 10.3. The molecule has 3 nitrogen and oxygen atoms in total. The van der Waals surface area contributed by atoms with Crippen LogP contribution in [0.25, 0.3) is 10.9 Å². The molecule has 0 amide bonds. The molecule has 2 rings (SSSR count). The van der Waals surface area contributed by atoms with Crippen molar-refractivity contribution in [2.24, 2.45) is 0 Å². The Balaban J connectivity index is 2.99. The van der Waals surface area contributed by atoms with Gasteiger partial charge in [-0.15, -0.1) is 0 Å². The van der Waals surface area contributed by atoms with E-state index in [2.05, 4.69) is 9.97 Å². The van der Waals surface area contributed by atoms with Gasteiger partial charge in [-0.25, -0.2) is 4.79 Å². The van der Waals surface area contributed by atoms with E-state index < -0.39 is 5.69 Å². The van der Waals surface area contributed by atoms with Crippen molar-refractivity contribution in [3.63, 3.8) is 0 Å². The summed E-state index contributed by atoms with van der Waals surface area (Å²) in [6, 6.07) is 7.33. The van der Waals surface area contributed by atoms with Crippen LogP contribution in [-0.2, 0) is 0 Å². The lowest BCUT2D eigenvalue weighted by Crippen LogP contribution is -2.09.